The Hall–Kier alpha value is -3.32. The molecule has 7 nitrogen and oxygen atoms in total. The second-order valence-electron chi connectivity index (χ2n) is 6.13. The topological polar surface area (TPSA) is 91.5 Å². The standard InChI is InChI=1S/C21H24N4O3/c1-26-18-9-8-16(11-19(18)27-2)10-17-12-23-21(25-20(17)22)24-14-28-13-15-6-4-3-5-7-15/h3-9,11-12H,10,13-14H2,1-2H3,(H3,22,23,24,25). The van der Waals surface area contributed by atoms with Crippen LogP contribution in [0.1, 0.15) is 16.7 Å². The summed E-state index contributed by atoms with van der Waals surface area (Å²) in [6.45, 7) is 0.810. The predicted molar refractivity (Wildman–Crippen MR) is 109 cm³/mol. The molecule has 0 fully saturated rings. The molecule has 3 rings (SSSR count). The minimum Gasteiger partial charge on any atom is -0.493 e. The van der Waals surface area contributed by atoms with E-state index in [1.807, 2.05) is 48.5 Å². The molecule has 0 saturated heterocycles. The Balaban J connectivity index is 1.56. The molecule has 2 aromatic carbocycles. The third-order valence-corrected chi connectivity index (χ3v) is 4.18. The van der Waals surface area contributed by atoms with E-state index in [1.54, 1.807) is 20.4 Å². The predicted octanol–water partition coefficient (Wildman–Crippen LogP) is 3.25. The van der Waals surface area contributed by atoms with E-state index in [-0.39, 0.29) is 0 Å². The van der Waals surface area contributed by atoms with Crippen LogP contribution in [-0.4, -0.2) is 30.9 Å². The van der Waals surface area contributed by atoms with Gasteiger partial charge in [-0.25, -0.2) is 4.98 Å². The lowest BCUT2D eigenvalue weighted by Gasteiger charge is -2.11. The Labute approximate surface area is 164 Å². The zero-order valence-corrected chi connectivity index (χ0v) is 16.0. The van der Waals surface area contributed by atoms with Gasteiger partial charge in [0.1, 0.15) is 12.5 Å². The van der Waals surface area contributed by atoms with Crippen LogP contribution in [0.3, 0.4) is 0 Å². The first kappa shape index (κ1) is 19.4. The maximum atomic E-state index is 6.10. The van der Waals surface area contributed by atoms with E-state index < -0.39 is 0 Å². The molecular formula is C21H24N4O3. The zero-order chi connectivity index (χ0) is 19.8. The van der Waals surface area contributed by atoms with E-state index in [4.69, 9.17) is 19.9 Å². The van der Waals surface area contributed by atoms with Gasteiger partial charge in [0.05, 0.1) is 20.8 Å². The van der Waals surface area contributed by atoms with Crippen LogP contribution >= 0.6 is 0 Å². The van der Waals surface area contributed by atoms with Gasteiger partial charge in [-0.2, -0.15) is 4.98 Å². The summed E-state index contributed by atoms with van der Waals surface area (Å²) in [6.07, 6.45) is 2.32. The van der Waals surface area contributed by atoms with Gasteiger partial charge < -0.3 is 25.3 Å². The molecule has 1 heterocycles. The molecule has 7 heteroatoms. The Bertz CT molecular complexity index is 903. The van der Waals surface area contributed by atoms with Crippen molar-refractivity contribution in [3.63, 3.8) is 0 Å². The number of nitrogens with two attached hydrogens (primary N) is 1. The van der Waals surface area contributed by atoms with Crippen molar-refractivity contribution < 1.29 is 14.2 Å². The first-order valence-corrected chi connectivity index (χ1v) is 8.87. The third-order valence-electron chi connectivity index (χ3n) is 4.18. The minimum atomic E-state index is 0.295. The number of nitrogens with one attached hydrogen (secondary N) is 1. The Kier molecular flexibility index (Phi) is 6.64. The van der Waals surface area contributed by atoms with Crippen molar-refractivity contribution in [1.29, 1.82) is 0 Å². The number of nitrogens with zero attached hydrogens (tertiary/aromatic N) is 2. The average molecular weight is 380 g/mol. The summed E-state index contributed by atoms with van der Waals surface area (Å²) in [7, 11) is 3.22. The number of nitrogen functional groups attached to an aromatic ring is 1. The van der Waals surface area contributed by atoms with E-state index in [2.05, 4.69) is 15.3 Å². The van der Waals surface area contributed by atoms with Crippen LogP contribution < -0.4 is 20.5 Å². The molecular weight excluding hydrogens is 356 g/mol. The highest BCUT2D eigenvalue weighted by molar-refractivity contribution is 5.48. The highest BCUT2D eigenvalue weighted by Crippen LogP contribution is 2.29. The number of methoxy groups -OCH3 is 2. The van der Waals surface area contributed by atoms with E-state index in [0.717, 1.165) is 16.7 Å². The van der Waals surface area contributed by atoms with Crippen LogP contribution in [-0.2, 0) is 17.8 Å². The van der Waals surface area contributed by atoms with E-state index in [0.29, 0.717) is 43.0 Å². The number of hydrogen-bond donors (Lipinski definition) is 2. The normalized spacial score (nSPS) is 10.5. The average Bonchev–Trinajstić information content (AvgIpc) is 2.73. The summed E-state index contributed by atoms with van der Waals surface area (Å²) in [6, 6.07) is 15.7. The number of hydrogen-bond acceptors (Lipinski definition) is 7. The maximum absolute atomic E-state index is 6.10. The van der Waals surface area contributed by atoms with Crippen LogP contribution in [0, 0.1) is 0 Å². The van der Waals surface area contributed by atoms with Crippen LogP contribution in [0.2, 0.25) is 0 Å². The second-order valence-corrected chi connectivity index (χ2v) is 6.13. The molecule has 0 aliphatic rings. The molecule has 0 spiro atoms. The molecule has 146 valence electrons. The Morgan fingerprint density at radius 1 is 0.964 bits per heavy atom. The van der Waals surface area contributed by atoms with Crippen molar-refractivity contribution in [2.75, 3.05) is 32.0 Å². The summed E-state index contributed by atoms with van der Waals surface area (Å²) in [5.41, 5.74) is 9.07. The molecule has 3 aromatic rings. The van der Waals surface area contributed by atoms with Gasteiger partial charge in [0.2, 0.25) is 5.95 Å². The van der Waals surface area contributed by atoms with Gasteiger partial charge >= 0.3 is 0 Å². The van der Waals surface area contributed by atoms with Gasteiger partial charge in [-0.15, -0.1) is 0 Å². The number of anilines is 2. The van der Waals surface area contributed by atoms with Crippen LogP contribution in [0.5, 0.6) is 11.5 Å². The Morgan fingerprint density at radius 3 is 2.46 bits per heavy atom. The lowest BCUT2D eigenvalue weighted by molar-refractivity contribution is 0.138. The molecule has 0 unspecified atom stereocenters. The summed E-state index contributed by atoms with van der Waals surface area (Å²) >= 11 is 0. The lowest BCUT2D eigenvalue weighted by Crippen LogP contribution is -2.11. The van der Waals surface area contributed by atoms with Crippen LogP contribution in [0.25, 0.3) is 0 Å². The molecule has 28 heavy (non-hydrogen) atoms. The number of aromatic nitrogens is 2. The Morgan fingerprint density at radius 2 is 1.75 bits per heavy atom. The second kappa shape index (κ2) is 9.57. The quantitative estimate of drug-likeness (QED) is 0.435. The minimum absolute atomic E-state index is 0.295. The molecule has 0 saturated carbocycles. The van der Waals surface area contributed by atoms with Crippen LogP contribution in [0.15, 0.2) is 54.7 Å². The third kappa shape index (κ3) is 5.11. The van der Waals surface area contributed by atoms with Gasteiger partial charge in [0.25, 0.3) is 0 Å². The highest BCUT2D eigenvalue weighted by Gasteiger charge is 2.09. The largest absolute Gasteiger partial charge is 0.493 e. The number of benzene rings is 2. The molecule has 1 aromatic heterocycles. The molecule has 0 atom stereocenters. The van der Waals surface area contributed by atoms with Crippen molar-refractivity contribution in [2.24, 2.45) is 0 Å². The fourth-order valence-corrected chi connectivity index (χ4v) is 2.71. The van der Waals surface area contributed by atoms with Crippen LogP contribution in [0.4, 0.5) is 11.8 Å². The summed E-state index contributed by atoms with van der Waals surface area (Å²) in [4.78, 5) is 8.63. The highest BCUT2D eigenvalue weighted by atomic mass is 16.5. The van der Waals surface area contributed by atoms with Crippen molar-refractivity contribution in [3.05, 3.63) is 71.4 Å². The molecule has 0 aliphatic heterocycles. The fourth-order valence-electron chi connectivity index (χ4n) is 2.71. The zero-order valence-electron chi connectivity index (χ0n) is 16.0. The molecule has 0 aliphatic carbocycles. The van der Waals surface area contributed by atoms with E-state index in [9.17, 15) is 0 Å². The van der Waals surface area contributed by atoms with Crippen molar-refractivity contribution in [3.8, 4) is 11.5 Å². The van der Waals surface area contributed by atoms with Gasteiger partial charge in [-0.1, -0.05) is 36.4 Å². The molecule has 0 bridgehead atoms. The SMILES string of the molecule is COc1ccc(Cc2cnc(NCOCc3ccccc3)nc2N)cc1OC. The van der Waals surface area contributed by atoms with Gasteiger partial charge in [0, 0.05) is 18.2 Å². The lowest BCUT2D eigenvalue weighted by atomic mass is 10.1. The number of rotatable bonds is 9. The smallest absolute Gasteiger partial charge is 0.226 e. The fraction of sp³-hybridized carbons (Fsp3) is 0.238. The number of ether oxygens (including phenoxy) is 3. The first-order valence-electron chi connectivity index (χ1n) is 8.87. The summed E-state index contributed by atoms with van der Waals surface area (Å²) in [5, 5.41) is 3.02. The van der Waals surface area contributed by atoms with Gasteiger partial charge in [0.15, 0.2) is 11.5 Å². The molecule has 0 radical (unpaired) electrons. The van der Waals surface area contributed by atoms with Crippen molar-refractivity contribution in [1.82, 2.24) is 9.97 Å². The van der Waals surface area contributed by atoms with E-state index in [1.165, 1.54) is 0 Å². The molecule has 0 amide bonds. The first-order chi connectivity index (χ1) is 13.7. The van der Waals surface area contributed by atoms with Gasteiger partial charge in [-0.05, 0) is 23.3 Å². The maximum Gasteiger partial charge on any atom is 0.226 e. The monoisotopic (exact) mass is 380 g/mol. The summed E-state index contributed by atoms with van der Waals surface area (Å²) < 4.78 is 16.2. The van der Waals surface area contributed by atoms with Crippen molar-refractivity contribution >= 4 is 11.8 Å². The van der Waals surface area contributed by atoms with E-state index >= 15 is 0 Å². The van der Waals surface area contributed by atoms with Crippen molar-refractivity contribution in [2.45, 2.75) is 13.0 Å². The summed E-state index contributed by atoms with van der Waals surface area (Å²) in [5.74, 6) is 2.22. The molecule has 3 N–H and O–H groups in total. The van der Waals surface area contributed by atoms with Gasteiger partial charge in [-0.3, -0.25) is 0 Å².